The second kappa shape index (κ2) is 8.27. The lowest BCUT2D eigenvalue weighted by molar-refractivity contribution is -0.137. The van der Waals surface area contributed by atoms with Crippen LogP contribution in [0.25, 0.3) is 0 Å². The molecule has 1 aliphatic heterocycles. The van der Waals surface area contributed by atoms with Crippen LogP contribution in [-0.2, 0) is 16.2 Å². The fourth-order valence-corrected chi connectivity index (χ4v) is 4.20. The van der Waals surface area contributed by atoms with E-state index in [9.17, 15) is 26.4 Å². The molecule has 0 bridgehead atoms. The monoisotopic (exact) mass is 441 g/mol. The second-order valence-electron chi connectivity index (χ2n) is 7.19. The van der Waals surface area contributed by atoms with Crippen LogP contribution >= 0.6 is 0 Å². The first-order chi connectivity index (χ1) is 14.0. The molecule has 0 aliphatic carbocycles. The summed E-state index contributed by atoms with van der Waals surface area (Å²) in [6.07, 6.45) is -2.67. The fraction of sp³-hybridized carbons (Fsp3) is 0.350. The van der Waals surface area contributed by atoms with E-state index >= 15 is 0 Å². The van der Waals surface area contributed by atoms with E-state index < -0.39 is 27.7 Å². The molecule has 0 saturated carbocycles. The Morgan fingerprint density at radius 2 is 1.73 bits per heavy atom. The van der Waals surface area contributed by atoms with Crippen molar-refractivity contribution >= 4 is 27.3 Å². The van der Waals surface area contributed by atoms with Crippen LogP contribution in [0.5, 0.6) is 0 Å². The van der Waals surface area contributed by atoms with Crippen LogP contribution < -0.4 is 10.2 Å². The number of anilines is 2. The Hall–Kier alpha value is -2.59. The molecular formula is C20H22F3N3O3S. The normalized spacial score (nSPS) is 14.9. The number of carbonyl (C=O) groups is 1. The highest BCUT2D eigenvalue weighted by molar-refractivity contribution is 7.89. The summed E-state index contributed by atoms with van der Waals surface area (Å²) in [5.74, 6) is -0.674. The Balaban J connectivity index is 2.00. The highest BCUT2D eigenvalue weighted by atomic mass is 32.2. The van der Waals surface area contributed by atoms with Crippen LogP contribution in [0.1, 0.15) is 28.8 Å². The summed E-state index contributed by atoms with van der Waals surface area (Å²) in [6.45, 7) is 1.42. The first-order valence-electron chi connectivity index (χ1n) is 9.30. The molecule has 0 aromatic heterocycles. The Labute approximate surface area is 173 Å². The molecule has 162 valence electrons. The molecule has 2 aromatic rings. The number of hydrogen-bond donors (Lipinski definition) is 1. The second-order valence-corrected chi connectivity index (χ2v) is 9.35. The molecule has 1 heterocycles. The predicted molar refractivity (Wildman–Crippen MR) is 108 cm³/mol. The van der Waals surface area contributed by atoms with Crippen molar-refractivity contribution in [1.29, 1.82) is 0 Å². The zero-order valence-electron chi connectivity index (χ0n) is 16.5. The fourth-order valence-electron chi connectivity index (χ4n) is 3.27. The molecule has 1 amide bonds. The molecule has 0 spiro atoms. The molecule has 1 aliphatic rings. The molecule has 1 fully saturated rings. The third-order valence-corrected chi connectivity index (χ3v) is 6.70. The molecule has 6 nitrogen and oxygen atoms in total. The van der Waals surface area contributed by atoms with Gasteiger partial charge in [-0.3, -0.25) is 4.79 Å². The molecular weight excluding hydrogens is 419 g/mol. The molecule has 3 rings (SSSR count). The molecule has 1 N–H and O–H groups in total. The number of carbonyl (C=O) groups excluding carboxylic acids is 1. The summed E-state index contributed by atoms with van der Waals surface area (Å²) in [5, 5.41) is 2.47. The van der Waals surface area contributed by atoms with Crippen LogP contribution in [0, 0.1) is 0 Å². The average molecular weight is 441 g/mol. The van der Waals surface area contributed by atoms with Gasteiger partial charge >= 0.3 is 6.18 Å². The van der Waals surface area contributed by atoms with Gasteiger partial charge in [0.1, 0.15) is 0 Å². The lowest BCUT2D eigenvalue weighted by Gasteiger charge is -2.22. The van der Waals surface area contributed by atoms with Gasteiger partial charge in [-0.05, 0) is 49.2 Å². The summed E-state index contributed by atoms with van der Waals surface area (Å²) in [5.41, 5.74) is -0.265. The summed E-state index contributed by atoms with van der Waals surface area (Å²) < 4.78 is 64.9. The quantitative estimate of drug-likeness (QED) is 0.766. The number of benzene rings is 2. The van der Waals surface area contributed by atoms with Gasteiger partial charge in [0, 0.05) is 38.6 Å². The highest BCUT2D eigenvalue weighted by Crippen LogP contribution is 2.32. The predicted octanol–water partition coefficient (Wildman–Crippen LogP) is 3.81. The van der Waals surface area contributed by atoms with E-state index in [0.717, 1.165) is 29.3 Å². The van der Waals surface area contributed by atoms with Crippen molar-refractivity contribution in [3.63, 3.8) is 0 Å². The van der Waals surface area contributed by atoms with Gasteiger partial charge in [-0.1, -0.05) is 6.07 Å². The molecule has 1 saturated heterocycles. The van der Waals surface area contributed by atoms with Crippen molar-refractivity contribution in [3.8, 4) is 0 Å². The Bertz CT molecular complexity index is 1050. The van der Waals surface area contributed by atoms with E-state index in [0.29, 0.717) is 18.8 Å². The molecule has 0 atom stereocenters. The number of halogens is 3. The number of rotatable bonds is 5. The van der Waals surface area contributed by atoms with Gasteiger partial charge in [-0.2, -0.15) is 13.2 Å². The zero-order valence-corrected chi connectivity index (χ0v) is 17.3. The van der Waals surface area contributed by atoms with Gasteiger partial charge in [0.05, 0.1) is 16.0 Å². The third kappa shape index (κ3) is 4.59. The molecule has 30 heavy (non-hydrogen) atoms. The van der Waals surface area contributed by atoms with Crippen molar-refractivity contribution < 1.29 is 26.4 Å². The Morgan fingerprint density at radius 3 is 2.33 bits per heavy atom. The zero-order chi connectivity index (χ0) is 22.1. The van der Waals surface area contributed by atoms with E-state index in [1.807, 2.05) is 4.90 Å². The number of sulfonamides is 1. The molecule has 0 unspecified atom stereocenters. The maximum absolute atomic E-state index is 13.0. The van der Waals surface area contributed by atoms with Crippen LogP contribution in [0.15, 0.2) is 47.4 Å². The van der Waals surface area contributed by atoms with Crippen LogP contribution in [0.4, 0.5) is 24.5 Å². The third-order valence-electron chi connectivity index (χ3n) is 4.89. The lowest BCUT2D eigenvalue weighted by atomic mass is 10.1. The minimum atomic E-state index is -4.54. The molecule has 10 heteroatoms. The van der Waals surface area contributed by atoms with Gasteiger partial charge in [-0.25, -0.2) is 12.7 Å². The smallest absolute Gasteiger partial charge is 0.371 e. The Morgan fingerprint density at radius 1 is 1.07 bits per heavy atom. The Kier molecular flexibility index (Phi) is 6.09. The van der Waals surface area contributed by atoms with Gasteiger partial charge in [0.15, 0.2) is 0 Å². The van der Waals surface area contributed by atoms with Crippen molar-refractivity contribution in [3.05, 3.63) is 53.6 Å². The number of amides is 1. The van der Waals surface area contributed by atoms with E-state index in [1.54, 1.807) is 6.07 Å². The van der Waals surface area contributed by atoms with Crippen LogP contribution in [0.3, 0.4) is 0 Å². The summed E-state index contributed by atoms with van der Waals surface area (Å²) in [4.78, 5) is 14.9. The minimum Gasteiger partial charge on any atom is -0.371 e. The minimum absolute atomic E-state index is 0.0249. The van der Waals surface area contributed by atoms with Gasteiger partial charge in [-0.15, -0.1) is 0 Å². The first kappa shape index (κ1) is 22.1. The van der Waals surface area contributed by atoms with Gasteiger partial charge in [0.2, 0.25) is 10.0 Å². The topological polar surface area (TPSA) is 69.7 Å². The number of hydrogen-bond acceptors (Lipinski definition) is 4. The average Bonchev–Trinajstić information content (AvgIpc) is 3.21. The van der Waals surface area contributed by atoms with Crippen LogP contribution in [0.2, 0.25) is 0 Å². The summed E-state index contributed by atoms with van der Waals surface area (Å²) in [7, 11) is -1.02. The maximum Gasteiger partial charge on any atom is 0.416 e. The highest BCUT2D eigenvalue weighted by Gasteiger charge is 2.31. The van der Waals surface area contributed by atoms with Gasteiger partial charge < -0.3 is 10.2 Å². The molecule has 0 radical (unpaired) electrons. The van der Waals surface area contributed by atoms with Crippen LogP contribution in [-0.4, -0.2) is 45.8 Å². The number of nitrogens with zero attached hydrogens (tertiary/aromatic N) is 2. The largest absolute Gasteiger partial charge is 0.416 e. The first-order valence-corrected chi connectivity index (χ1v) is 10.7. The molecule has 2 aromatic carbocycles. The van der Waals surface area contributed by atoms with Crippen molar-refractivity contribution in [1.82, 2.24) is 4.31 Å². The van der Waals surface area contributed by atoms with Crippen molar-refractivity contribution in [2.45, 2.75) is 23.9 Å². The number of nitrogens with one attached hydrogen (secondary N) is 1. The SMILES string of the molecule is CN(C)S(=O)(=O)c1ccc(N2CCCC2)c(C(=O)Nc2cccc(C(F)(F)F)c2)c1. The van der Waals surface area contributed by atoms with Crippen molar-refractivity contribution in [2.75, 3.05) is 37.4 Å². The summed E-state index contributed by atoms with van der Waals surface area (Å²) in [6, 6.07) is 8.58. The van der Waals surface area contributed by atoms with E-state index in [2.05, 4.69) is 5.32 Å². The number of alkyl halides is 3. The van der Waals surface area contributed by atoms with E-state index in [4.69, 9.17) is 0 Å². The lowest BCUT2D eigenvalue weighted by Crippen LogP contribution is -2.25. The van der Waals surface area contributed by atoms with Gasteiger partial charge in [0.25, 0.3) is 5.91 Å². The van der Waals surface area contributed by atoms with E-state index in [1.165, 1.54) is 38.4 Å². The maximum atomic E-state index is 13.0. The summed E-state index contributed by atoms with van der Waals surface area (Å²) >= 11 is 0. The van der Waals surface area contributed by atoms with Crippen molar-refractivity contribution in [2.24, 2.45) is 0 Å². The van der Waals surface area contributed by atoms with E-state index in [-0.39, 0.29) is 16.1 Å². The standard InChI is InChI=1S/C20H22F3N3O3S/c1-25(2)30(28,29)16-8-9-18(26-10-3-4-11-26)17(13-16)19(27)24-15-7-5-6-14(12-15)20(21,22)23/h5-9,12-13H,3-4,10-11H2,1-2H3,(H,24,27).